The van der Waals surface area contributed by atoms with Crippen molar-refractivity contribution in [3.8, 4) is 17.1 Å². The molecule has 0 saturated heterocycles. The Balaban J connectivity index is 1.58. The second kappa shape index (κ2) is 9.17. The molecule has 0 unspecified atom stereocenters. The average Bonchev–Trinajstić information content (AvgIpc) is 3.21. The first kappa shape index (κ1) is 20.2. The first-order chi connectivity index (χ1) is 14.6. The van der Waals surface area contributed by atoms with Crippen LogP contribution < -0.4 is 5.73 Å². The Morgan fingerprint density at radius 2 is 1.93 bits per heavy atom. The summed E-state index contributed by atoms with van der Waals surface area (Å²) in [6.45, 7) is 1.25. The lowest BCUT2D eigenvalue weighted by Gasteiger charge is -2.21. The van der Waals surface area contributed by atoms with Gasteiger partial charge < -0.3 is 10.5 Å². The van der Waals surface area contributed by atoms with E-state index in [9.17, 15) is 9.18 Å². The molecule has 0 radical (unpaired) electrons. The molecule has 1 heterocycles. The van der Waals surface area contributed by atoms with Gasteiger partial charge in [-0.05, 0) is 48.6 Å². The molecule has 1 amide bonds. The topological polar surface area (TPSA) is 83.0 Å². The van der Waals surface area contributed by atoms with E-state index in [-0.39, 0.29) is 17.2 Å². The number of carbonyl (C=O) groups is 1. The van der Waals surface area contributed by atoms with E-state index in [4.69, 9.17) is 10.5 Å². The second-order valence-electron chi connectivity index (χ2n) is 7.70. The number of aromatic nitrogens is 3. The lowest BCUT2D eigenvalue weighted by molar-refractivity contribution is 0.0739. The van der Waals surface area contributed by atoms with E-state index in [1.54, 1.807) is 18.2 Å². The predicted octanol–water partition coefficient (Wildman–Crippen LogP) is 4.27. The van der Waals surface area contributed by atoms with Crippen molar-refractivity contribution in [1.82, 2.24) is 14.8 Å². The van der Waals surface area contributed by atoms with Gasteiger partial charge in [0, 0.05) is 6.61 Å². The van der Waals surface area contributed by atoms with Crippen LogP contribution in [0.3, 0.4) is 0 Å². The molecule has 6 nitrogen and oxygen atoms in total. The largest absolute Gasteiger partial charge is 0.376 e. The quantitative estimate of drug-likeness (QED) is 0.633. The van der Waals surface area contributed by atoms with Crippen LogP contribution in [-0.2, 0) is 11.3 Å². The van der Waals surface area contributed by atoms with Crippen LogP contribution in [0.4, 0.5) is 4.39 Å². The minimum absolute atomic E-state index is 0.160. The number of hydrogen-bond acceptors (Lipinski definition) is 4. The molecular weight excluding hydrogens is 383 g/mol. The lowest BCUT2D eigenvalue weighted by Crippen LogP contribution is -2.13. The average molecular weight is 408 g/mol. The SMILES string of the molecule is NC(=O)c1nc(-c2ccccc2F)n(-c2cccc(COCC3CCCCC3)c2)n1. The summed E-state index contributed by atoms with van der Waals surface area (Å²) >= 11 is 0. The fourth-order valence-electron chi connectivity index (χ4n) is 3.89. The van der Waals surface area contributed by atoms with Crippen molar-refractivity contribution in [2.24, 2.45) is 11.7 Å². The van der Waals surface area contributed by atoms with Crippen LogP contribution in [0.5, 0.6) is 0 Å². The minimum atomic E-state index is -0.765. The van der Waals surface area contributed by atoms with Crippen LogP contribution in [0.1, 0.15) is 48.3 Å². The summed E-state index contributed by atoms with van der Waals surface area (Å²) in [5, 5.41) is 4.22. The number of carbonyl (C=O) groups excluding carboxylic acids is 1. The van der Waals surface area contributed by atoms with Crippen molar-refractivity contribution in [1.29, 1.82) is 0 Å². The summed E-state index contributed by atoms with van der Waals surface area (Å²) in [6.07, 6.45) is 6.38. The third-order valence-electron chi connectivity index (χ3n) is 5.44. The van der Waals surface area contributed by atoms with E-state index in [0.29, 0.717) is 18.2 Å². The zero-order valence-electron chi connectivity index (χ0n) is 16.8. The predicted molar refractivity (Wildman–Crippen MR) is 112 cm³/mol. The number of ether oxygens (including phenoxy) is 1. The third-order valence-corrected chi connectivity index (χ3v) is 5.44. The first-order valence-electron chi connectivity index (χ1n) is 10.3. The van der Waals surface area contributed by atoms with Gasteiger partial charge in [-0.3, -0.25) is 4.79 Å². The molecule has 30 heavy (non-hydrogen) atoms. The Kier molecular flexibility index (Phi) is 6.18. The molecule has 2 aromatic carbocycles. The van der Waals surface area contributed by atoms with E-state index in [0.717, 1.165) is 12.2 Å². The van der Waals surface area contributed by atoms with E-state index < -0.39 is 11.7 Å². The van der Waals surface area contributed by atoms with Gasteiger partial charge in [0.15, 0.2) is 5.82 Å². The number of hydrogen-bond donors (Lipinski definition) is 1. The molecule has 3 aromatic rings. The molecule has 1 aliphatic carbocycles. The van der Waals surface area contributed by atoms with Crippen LogP contribution in [0.15, 0.2) is 48.5 Å². The van der Waals surface area contributed by atoms with Crippen LogP contribution >= 0.6 is 0 Å². The Bertz CT molecular complexity index is 1030. The van der Waals surface area contributed by atoms with Crippen molar-refractivity contribution in [3.05, 3.63) is 65.7 Å². The fraction of sp³-hybridized carbons (Fsp3) is 0.348. The molecule has 7 heteroatoms. The van der Waals surface area contributed by atoms with Gasteiger partial charge in [-0.25, -0.2) is 14.1 Å². The maximum Gasteiger partial charge on any atom is 0.288 e. The number of nitrogens with two attached hydrogens (primary N) is 1. The highest BCUT2D eigenvalue weighted by molar-refractivity contribution is 5.89. The lowest BCUT2D eigenvalue weighted by atomic mass is 9.90. The van der Waals surface area contributed by atoms with E-state index >= 15 is 0 Å². The van der Waals surface area contributed by atoms with E-state index in [1.165, 1.54) is 42.9 Å². The maximum absolute atomic E-state index is 14.4. The van der Waals surface area contributed by atoms with Gasteiger partial charge >= 0.3 is 0 Å². The summed E-state index contributed by atoms with van der Waals surface area (Å²) in [4.78, 5) is 15.8. The van der Waals surface area contributed by atoms with Gasteiger partial charge in [-0.15, -0.1) is 5.10 Å². The Morgan fingerprint density at radius 1 is 1.13 bits per heavy atom. The molecule has 1 saturated carbocycles. The molecular formula is C23H25FN4O2. The molecule has 0 bridgehead atoms. The Morgan fingerprint density at radius 3 is 2.70 bits per heavy atom. The summed E-state index contributed by atoms with van der Waals surface area (Å²) in [7, 11) is 0. The Labute approximate surface area is 174 Å². The first-order valence-corrected chi connectivity index (χ1v) is 10.3. The monoisotopic (exact) mass is 408 g/mol. The Hall–Kier alpha value is -3.06. The number of benzene rings is 2. The number of primary amides is 1. The second-order valence-corrected chi connectivity index (χ2v) is 7.70. The number of halogens is 1. The molecule has 1 aromatic heterocycles. The van der Waals surface area contributed by atoms with Crippen molar-refractivity contribution >= 4 is 5.91 Å². The highest BCUT2D eigenvalue weighted by atomic mass is 19.1. The van der Waals surface area contributed by atoms with Gasteiger partial charge in [-0.1, -0.05) is 43.5 Å². The molecule has 4 rings (SSSR count). The highest BCUT2D eigenvalue weighted by Gasteiger charge is 2.19. The standard InChI is InChI=1S/C23H25FN4O2/c24-20-12-5-4-11-19(20)23-26-22(21(25)29)27-28(23)18-10-6-9-17(13-18)15-30-14-16-7-2-1-3-8-16/h4-6,9-13,16H,1-3,7-8,14-15H2,(H2,25,29). The van der Waals surface area contributed by atoms with E-state index in [1.807, 2.05) is 24.3 Å². The van der Waals surface area contributed by atoms with Gasteiger partial charge in [0.1, 0.15) is 5.82 Å². The van der Waals surface area contributed by atoms with Gasteiger partial charge in [0.2, 0.25) is 5.82 Å². The van der Waals surface area contributed by atoms with Crippen molar-refractivity contribution < 1.29 is 13.9 Å². The highest BCUT2D eigenvalue weighted by Crippen LogP contribution is 2.26. The van der Waals surface area contributed by atoms with E-state index in [2.05, 4.69) is 10.1 Å². The zero-order chi connectivity index (χ0) is 20.9. The number of nitrogens with zero attached hydrogens (tertiary/aromatic N) is 3. The summed E-state index contributed by atoms with van der Waals surface area (Å²) in [6, 6.07) is 13.8. The third kappa shape index (κ3) is 4.57. The van der Waals surface area contributed by atoms with Crippen LogP contribution in [0.25, 0.3) is 17.1 Å². The molecule has 1 fully saturated rings. The fourth-order valence-corrected chi connectivity index (χ4v) is 3.89. The van der Waals surface area contributed by atoms with Crippen molar-refractivity contribution in [2.75, 3.05) is 6.61 Å². The molecule has 0 spiro atoms. The van der Waals surface area contributed by atoms with Gasteiger partial charge in [0.25, 0.3) is 5.91 Å². The summed E-state index contributed by atoms with van der Waals surface area (Å²) < 4.78 is 21.8. The molecule has 0 aliphatic heterocycles. The summed E-state index contributed by atoms with van der Waals surface area (Å²) in [5.74, 6) is -0.509. The van der Waals surface area contributed by atoms with Gasteiger partial charge in [-0.2, -0.15) is 0 Å². The van der Waals surface area contributed by atoms with Crippen LogP contribution in [0, 0.1) is 11.7 Å². The zero-order valence-corrected chi connectivity index (χ0v) is 16.8. The number of rotatable bonds is 7. The van der Waals surface area contributed by atoms with Gasteiger partial charge in [0.05, 0.1) is 17.9 Å². The number of amides is 1. The van der Waals surface area contributed by atoms with Crippen molar-refractivity contribution in [2.45, 2.75) is 38.7 Å². The minimum Gasteiger partial charge on any atom is -0.376 e. The van der Waals surface area contributed by atoms with Crippen LogP contribution in [-0.4, -0.2) is 27.3 Å². The molecule has 156 valence electrons. The van der Waals surface area contributed by atoms with Crippen molar-refractivity contribution in [3.63, 3.8) is 0 Å². The smallest absolute Gasteiger partial charge is 0.288 e. The molecule has 1 aliphatic rings. The van der Waals surface area contributed by atoms with Crippen LogP contribution in [0.2, 0.25) is 0 Å². The molecule has 0 atom stereocenters. The normalized spacial score (nSPS) is 14.7. The maximum atomic E-state index is 14.4. The molecule has 2 N–H and O–H groups in total. The summed E-state index contributed by atoms with van der Waals surface area (Å²) in [5.41, 5.74) is 7.24.